The number of amides is 2. The van der Waals surface area contributed by atoms with Gasteiger partial charge in [-0.1, -0.05) is 24.3 Å². The van der Waals surface area contributed by atoms with Gasteiger partial charge in [-0.15, -0.1) is 0 Å². The van der Waals surface area contributed by atoms with E-state index in [9.17, 15) is 9.59 Å². The molecule has 0 saturated carbocycles. The Hall–Kier alpha value is -3.06. The van der Waals surface area contributed by atoms with Crippen molar-refractivity contribution in [3.63, 3.8) is 0 Å². The second-order valence-corrected chi connectivity index (χ2v) is 5.88. The monoisotopic (exact) mass is 386 g/mol. The predicted molar refractivity (Wildman–Crippen MR) is 108 cm³/mol. The minimum absolute atomic E-state index is 0.270. The molecule has 2 amide bonds. The van der Waals surface area contributed by atoms with Crippen LogP contribution in [0.15, 0.2) is 48.5 Å². The van der Waals surface area contributed by atoms with Crippen LogP contribution in [0.3, 0.4) is 0 Å². The number of aryl methyl sites for hydroxylation is 1. The summed E-state index contributed by atoms with van der Waals surface area (Å²) in [5.41, 5.74) is 2.18. The average Bonchev–Trinajstić information content (AvgIpc) is 2.66. The number of hydrogen-bond acceptors (Lipinski definition) is 5. The van der Waals surface area contributed by atoms with E-state index in [1.54, 1.807) is 31.2 Å². The molecular weight excluding hydrogens is 360 g/mol. The number of carbonyl (C=O) groups is 2. The third-order valence-corrected chi connectivity index (χ3v) is 3.85. The van der Waals surface area contributed by atoms with Crippen molar-refractivity contribution in [3.05, 3.63) is 54.1 Å². The maximum absolute atomic E-state index is 12.8. The van der Waals surface area contributed by atoms with E-state index in [-0.39, 0.29) is 6.61 Å². The molecule has 0 atom stereocenters. The van der Waals surface area contributed by atoms with E-state index in [1.807, 2.05) is 38.1 Å². The summed E-state index contributed by atoms with van der Waals surface area (Å²) in [5.74, 6) is 0.314. The fourth-order valence-electron chi connectivity index (χ4n) is 2.55. The van der Waals surface area contributed by atoms with Crippen LogP contribution in [0.4, 0.5) is 21.0 Å². The molecule has 0 unspecified atom stereocenters. The van der Waals surface area contributed by atoms with E-state index in [0.29, 0.717) is 31.2 Å². The number of nitrogens with zero attached hydrogens (tertiary/aromatic N) is 1. The van der Waals surface area contributed by atoms with Crippen LogP contribution >= 0.6 is 0 Å². The van der Waals surface area contributed by atoms with Crippen molar-refractivity contribution >= 4 is 23.6 Å². The minimum Gasteiger partial charge on any atom is -0.450 e. The number of nitrogens with one attached hydrogen (secondary N) is 1. The topological polar surface area (TPSA) is 77.1 Å². The summed E-state index contributed by atoms with van der Waals surface area (Å²) < 4.78 is 15.8. The average molecular weight is 386 g/mol. The highest BCUT2D eigenvalue weighted by molar-refractivity contribution is 5.90. The van der Waals surface area contributed by atoms with Crippen LogP contribution in [-0.2, 0) is 9.47 Å². The molecule has 2 rings (SSSR count). The lowest BCUT2D eigenvalue weighted by Crippen LogP contribution is -2.36. The molecule has 0 aliphatic heterocycles. The highest BCUT2D eigenvalue weighted by Crippen LogP contribution is 2.23. The zero-order valence-corrected chi connectivity index (χ0v) is 16.4. The Kier molecular flexibility index (Phi) is 8.30. The highest BCUT2D eigenvalue weighted by atomic mass is 16.6. The summed E-state index contributed by atoms with van der Waals surface area (Å²) in [7, 11) is 0. The zero-order valence-electron chi connectivity index (χ0n) is 16.4. The van der Waals surface area contributed by atoms with Gasteiger partial charge in [0.2, 0.25) is 0 Å². The van der Waals surface area contributed by atoms with Crippen LogP contribution in [-0.4, -0.2) is 38.6 Å². The number of ether oxygens (including phenoxy) is 3. The largest absolute Gasteiger partial charge is 0.450 e. The number of rotatable bonds is 8. The van der Waals surface area contributed by atoms with Gasteiger partial charge in [0, 0.05) is 18.4 Å². The fraction of sp³-hybridized carbons (Fsp3) is 0.333. The lowest BCUT2D eigenvalue weighted by molar-refractivity contribution is 0.151. The lowest BCUT2D eigenvalue weighted by atomic mass is 10.2. The molecule has 0 heterocycles. The number of anilines is 2. The molecule has 0 saturated heterocycles. The Morgan fingerprint density at radius 2 is 1.82 bits per heavy atom. The van der Waals surface area contributed by atoms with Crippen molar-refractivity contribution in [2.75, 3.05) is 36.6 Å². The summed E-state index contributed by atoms with van der Waals surface area (Å²) in [6.07, 6.45) is -1.09. The van der Waals surface area contributed by atoms with Gasteiger partial charge in [-0.3, -0.25) is 10.2 Å². The molecule has 0 bridgehead atoms. The smallest absolute Gasteiger partial charge is 0.419 e. The van der Waals surface area contributed by atoms with Crippen molar-refractivity contribution in [2.24, 2.45) is 0 Å². The molecule has 0 radical (unpaired) electrons. The van der Waals surface area contributed by atoms with Crippen molar-refractivity contribution in [2.45, 2.75) is 20.8 Å². The van der Waals surface area contributed by atoms with Crippen LogP contribution in [0.1, 0.15) is 19.4 Å². The summed E-state index contributed by atoms with van der Waals surface area (Å²) in [5, 5.41) is 2.58. The zero-order chi connectivity index (χ0) is 20.4. The Morgan fingerprint density at radius 1 is 1.04 bits per heavy atom. The van der Waals surface area contributed by atoms with Crippen LogP contribution in [0.2, 0.25) is 0 Å². The molecule has 0 spiro atoms. The van der Waals surface area contributed by atoms with E-state index in [1.165, 1.54) is 4.90 Å². The van der Waals surface area contributed by atoms with E-state index in [0.717, 1.165) is 11.3 Å². The quantitative estimate of drug-likeness (QED) is 0.671. The molecule has 0 aliphatic carbocycles. The number of carbonyl (C=O) groups excluding carboxylic acids is 2. The SMILES string of the molecule is CCOCCN(C(=O)Oc1cccc(NC(=O)OCC)c1)c1ccccc1C. The first-order valence-corrected chi connectivity index (χ1v) is 9.21. The summed E-state index contributed by atoms with van der Waals surface area (Å²) >= 11 is 0. The molecule has 150 valence electrons. The first-order valence-electron chi connectivity index (χ1n) is 9.21. The van der Waals surface area contributed by atoms with Crippen LogP contribution in [0, 0.1) is 6.92 Å². The Morgan fingerprint density at radius 3 is 2.54 bits per heavy atom. The summed E-state index contributed by atoms with van der Waals surface area (Å²) in [6.45, 7) is 7.14. The van der Waals surface area contributed by atoms with Crippen LogP contribution in [0.25, 0.3) is 0 Å². The fourth-order valence-corrected chi connectivity index (χ4v) is 2.55. The van der Waals surface area contributed by atoms with E-state index >= 15 is 0 Å². The van der Waals surface area contributed by atoms with Gasteiger partial charge < -0.3 is 14.2 Å². The first kappa shape index (κ1) is 21.2. The second kappa shape index (κ2) is 10.9. The van der Waals surface area contributed by atoms with Crippen molar-refractivity contribution in [1.82, 2.24) is 0 Å². The third kappa shape index (κ3) is 6.28. The molecule has 0 aliphatic rings. The molecule has 7 heteroatoms. The molecule has 1 N–H and O–H groups in total. The molecular formula is C21H26N2O5. The second-order valence-electron chi connectivity index (χ2n) is 5.88. The molecule has 28 heavy (non-hydrogen) atoms. The lowest BCUT2D eigenvalue weighted by Gasteiger charge is -2.23. The molecule has 0 aromatic heterocycles. The Balaban J connectivity index is 2.14. The van der Waals surface area contributed by atoms with Gasteiger partial charge in [-0.2, -0.15) is 0 Å². The van der Waals surface area contributed by atoms with Gasteiger partial charge in [0.1, 0.15) is 5.75 Å². The number of hydrogen-bond donors (Lipinski definition) is 1. The predicted octanol–water partition coefficient (Wildman–Crippen LogP) is 4.61. The normalized spacial score (nSPS) is 10.2. The van der Waals surface area contributed by atoms with Gasteiger partial charge in [0.15, 0.2) is 0 Å². The van der Waals surface area contributed by atoms with Gasteiger partial charge in [-0.25, -0.2) is 9.59 Å². The van der Waals surface area contributed by atoms with Crippen LogP contribution in [0.5, 0.6) is 5.75 Å². The molecule has 2 aromatic carbocycles. The van der Waals surface area contributed by atoms with Gasteiger partial charge >= 0.3 is 12.2 Å². The Labute approximate surface area is 165 Å². The first-order chi connectivity index (χ1) is 13.5. The molecule has 2 aromatic rings. The Bertz CT molecular complexity index is 794. The van der Waals surface area contributed by atoms with E-state index in [4.69, 9.17) is 14.2 Å². The molecule has 0 fully saturated rings. The molecule has 7 nitrogen and oxygen atoms in total. The maximum Gasteiger partial charge on any atom is 0.419 e. The number of benzene rings is 2. The van der Waals surface area contributed by atoms with Gasteiger partial charge in [0.05, 0.1) is 25.4 Å². The van der Waals surface area contributed by atoms with Gasteiger partial charge in [0.25, 0.3) is 0 Å². The van der Waals surface area contributed by atoms with E-state index in [2.05, 4.69) is 5.32 Å². The maximum atomic E-state index is 12.8. The van der Waals surface area contributed by atoms with E-state index < -0.39 is 12.2 Å². The standard InChI is InChI=1S/C21H26N2O5/c1-4-26-14-13-23(19-12-7-6-9-16(19)3)21(25)28-18-11-8-10-17(15-18)22-20(24)27-5-2/h6-12,15H,4-5,13-14H2,1-3H3,(H,22,24). The summed E-state index contributed by atoms with van der Waals surface area (Å²) in [4.78, 5) is 25.9. The van der Waals surface area contributed by atoms with Crippen molar-refractivity contribution < 1.29 is 23.8 Å². The highest BCUT2D eigenvalue weighted by Gasteiger charge is 2.19. The number of para-hydroxylation sites is 1. The summed E-state index contributed by atoms with van der Waals surface area (Å²) in [6, 6.07) is 14.1. The van der Waals surface area contributed by atoms with Crippen molar-refractivity contribution in [1.29, 1.82) is 0 Å². The third-order valence-electron chi connectivity index (χ3n) is 3.85. The van der Waals surface area contributed by atoms with Crippen molar-refractivity contribution in [3.8, 4) is 5.75 Å². The minimum atomic E-state index is -0.566. The van der Waals surface area contributed by atoms with Crippen LogP contribution < -0.4 is 15.0 Å². The van der Waals surface area contributed by atoms with Gasteiger partial charge in [-0.05, 0) is 44.5 Å².